The van der Waals surface area contributed by atoms with Crippen LogP contribution in [-0.4, -0.2) is 71.1 Å². The quantitative estimate of drug-likeness (QED) is 0.293. The number of hydrogen-bond acceptors (Lipinski definition) is 8. The van der Waals surface area contributed by atoms with Crippen molar-refractivity contribution in [2.45, 2.75) is 63.9 Å². The average Bonchev–Trinajstić information content (AvgIpc) is 2.89. The predicted molar refractivity (Wildman–Crippen MR) is 157 cm³/mol. The Bertz CT molecular complexity index is 1690. The van der Waals surface area contributed by atoms with E-state index in [1.54, 1.807) is 13.8 Å². The normalized spacial score (nSPS) is 18.8. The maximum atomic E-state index is 14.9. The molecule has 15 heteroatoms. The number of anilines is 2. The van der Waals surface area contributed by atoms with Crippen LogP contribution in [0.3, 0.4) is 0 Å². The molecule has 1 aliphatic carbocycles. The van der Waals surface area contributed by atoms with Crippen LogP contribution in [0, 0.1) is 5.82 Å². The monoisotopic (exact) mass is 626 g/mol. The molecule has 1 aromatic carbocycles. The molecule has 43 heavy (non-hydrogen) atoms. The zero-order valence-corrected chi connectivity index (χ0v) is 24.9. The minimum atomic E-state index is -4.68. The highest BCUT2D eigenvalue weighted by atomic mass is 32.2. The van der Waals surface area contributed by atoms with Gasteiger partial charge in [-0.15, -0.1) is 0 Å². The summed E-state index contributed by atoms with van der Waals surface area (Å²) in [4.78, 5) is 24.5. The van der Waals surface area contributed by atoms with E-state index in [1.165, 1.54) is 22.9 Å². The van der Waals surface area contributed by atoms with Gasteiger partial charge in [-0.25, -0.2) is 17.8 Å². The number of nitrogens with one attached hydrogen (secondary N) is 2. The molecular formula is C28H34F4N6O4S. The molecule has 0 unspecified atom stereocenters. The molecule has 1 aliphatic rings. The van der Waals surface area contributed by atoms with E-state index in [-0.39, 0.29) is 23.2 Å². The Balaban J connectivity index is 1.61. The molecule has 234 valence electrons. The summed E-state index contributed by atoms with van der Waals surface area (Å²) in [5.74, 6) is -2.02. The number of aliphatic hydroxyl groups excluding tert-OH is 1. The fourth-order valence-electron chi connectivity index (χ4n) is 4.95. The number of aliphatic hydroxyl groups is 1. The summed E-state index contributed by atoms with van der Waals surface area (Å²) in [5.41, 5.74) is 0.527. The van der Waals surface area contributed by atoms with E-state index in [4.69, 9.17) is 0 Å². The first kappa shape index (κ1) is 32.2. The van der Waals surface area contributed by atoms with E-state index >= 15 is 0 Å². The lowest BCUT2D eigenvalue weighted by molar-refractivity contribution is -0.129. The molecule has 0 aliphatic heterocycles. The predicted octanol–water partition coefficient (Wildman–Crippen LogP) is 4.64. The molecule has 2 aromatic heterocycles. The molecule has 0 saturated heterocycles. The van der Waals surface area contributed by atoms with Gasteiger partial charge in [-0.2, -0.15) is 18.2 Å². The van der Waals surface area contributed by atoms with Gasteiger partial charge in [0.2, 0.25) is 16.0 Å². The zero-order chi connectivity index (χ0) is 31.7. The molecular weight excluding hydrogens is 592 g/mol. The highest BCUT2D eigenvalue weighted by molar-refractivity contribution is 7.92. The number of sulfonamides is 1. The number of aromatic nitrogens is 3. The Labute approximate surface area is 246 Å². The van der Waals surface area contributed by atoms with E-state index in [9.17, 15) is 35.9 Å². The second kappa shape index (κ2) is 12.5. The van der Waals surface area contributed by atoms with Crippen LogP contribution in [0.4, 0.5) is 29.2 Å². The van der Waals surface area contributed by atoms with Crippen LogP contribution in [0.2, 0.25) is 0 Å². The lowest BCUT2D eigenvalue weighted by atomic mass is 9.89. The largest absolute Gasteiger partial charge is 0.390 e. The van der Waals surface area contributed by atoms with E-state index in [1.807, 2.05) is 29.9 Å². The lowest BCUT2D eigenvalue weighted by Gasteiger charge is -2.30. The molecule has 1 fully saturated rings. The van der Waals surface area contributed by atoms with Crippen LogP contribution in [0.5, 0.6) is 0 Å². The number of pyridine rings is 1. The first-order valence-electron chi connectivity index (χ1n) is 13.6. The molecule has 3 N–H and O–H groups in total. The number of benzene rings is 1. The highest BCUT2D eigenvalue weighted by Crippen LogP contribution is 2.29. The fourth-order valence-corrected chi connectivity index (χ4v) is 6.05. The van der Waals surface area contributed by atoms with Crippen LogP contribution in [-0.2, 0) is 10.0 Å². The zero-order valence-electron chi connectivity index (χ0n) is 24.1. The van der Waals surface area contributed by atoms with Crippen LogP contribution in [0.25, 0.3) is 22.2 Å². The Kier molecular flexibility index (Phi) is 9.35. The molecule has 1 saturated carbocycles. The second-order valence-electron chi connectivity index (χ2n) is 11.1. The molecule has 3 aromatic rings. The van der Waals surface area contributed by atoms with Crippen LogP contribution in [0.15, 0.2) is 47.0 Å². The highest BCUT2D eigenvalue weighted by Gasteiger charge is 2.30. The summed E-state index contributed by atoms with van der Waals surface area (Å²) in [6, 6.07) is 4.38. The van der Waals surface area contributed by atoms with Gasteiger partial charge in [0, 0.05) is 49.5 Å². The van der Waals surface area contributed by atoms with Crippen molar-refractivity contribution in [2.75, 3.05) is 29.9 Å². The average molecular weight is 627 g/mol. The van der Waals surface area contributed by atoms with Crippen LogP contribution < -0.4 is 15.6 Å². The Morgan fingerprint density at radius 1 is 1.23 bits per heavy atom. The summed E-state index contributed by atoms with van der Waals surface area (Å²) in [6.45, 7) is 3.57. The van der Waals surface area contributed by atoms with Gasteiger partial charge in [-0.3, -0.25) is 14.1 Å². The Hall–Kier alpha value is -3.72. The van der Waals surface area contributed by atoms with Gasteiger partial charge in [0.15, 0.2) is 0 Å². The van der Waals surface area contributed by atoms with E-state index < -0.39 is 51.5 Å². The SMILES string of the molecule is CC(C)n1c(=O)c(-c2ccc(NS(=O)(=O)CCC(F)(F)F)c(F)c2)cc2cnc(N[C@H]3CCC(=CN(C)C)[C@@H](O)C3)nc21. The summed E-state index contributed by atoms with van der Waals surface area (Å²) in [7, 11) is -0.671. The van der Waals surface area contributed by atoms with Gasteiger partial charge in [-0.1, -0.05) is 6.07 Å². The minimum Gasteiger partial charge on any atom is -0.389 e. The Morgan fingerprint density at radius 3 is 2.56 bits per heavy atom. The van der Waals surface area contributed by atoms with Crippen molar-refractivity contribution in [3.8, 4) is 11.1 Å². The summed E-state index contributed by atoms with van der Waals surface area (Å²) in [6.07, 6.45) is -1.49. The number of nitrogens with zero attached hydrogens (tertiary/aromatic N) is 4. The van der Waals surface area contributed by atoms with Crippen LogP contribution in [0.1, 0.15) is 45.6 Å². The Morgan fingerprint density at radius 2 is 1.95 bits per heavy atom. The number of rotatable bonds is 9. The van der Waals surface area contributed by atoms with Gasteiger partial charge >= 0.3 is 6.18 Å². The summed E-state index contributed by atoms with van der Waals surface area (Å²) in [5, 5.41) is 14.3. The van der Waals surface area contributed by atoms with Gasteiger partial charge in [-0.05, 0) is 62.4 Å². The van der Waals surface area contributed by atoms with Crippen molar-refractivity contribution < 1.29 is 31.1 Å². The summed E-state index contributed by atoms with van der Waals surface area (Å²) >= 11 is 0. The molecule has 10 nitrogen and oxygen atoms in total. The molecule has 4 rings (SSSR count). The van der Waals surface area contributed by atoms with Crippen molar-refractivity contribution in [2.24, 2.45) is 0 Å². The third-order valence-corrected chi connectivity index (χ3v) is 8.24. The van der Waals surface area contributed by atoms with Crippen LogP contribution >= 0.6 is 0 Å². The number of halogens is 4. The van der Waals surface area contributed by atoms with Gasteiger partial charge in [0.25, 0.3) is 5.56 Å². The van der Waals surface area contributed by atoms with Crippen molar-refractivity contribution >= 4 is 32.7 Å². The lowest BCUT2D eigenvalue weighted by Crippen LogP contribution is -2.33. The molecule has 0 amide bonds. The standard InChI is InChI=1S/C28H34F4N6O4S/c1-16(2)38-25-19(14-33-27(35-25)34-20-7-5-18(15-37(3)4)24(39)13-20)11-21(26(38)40)17-6-8-23(22(29)12-17)36-43(41,42)10-9-28(30,31)32/h6,8,11-12,14-16,20,24,36,39H,5,7,9-10,13H2,1-4H3,(H,33,34,35)/t20-,24-/m0/s1. The maximum absolute atomic E-state index is 14.9. The van der Waals surface area contributed by atoms with Gasteiger partial charge in [0.05, 0.1) is 24.0 Å². The number of fused-ring (bicyclic) bond motifs is 1. The smallest absolute Gasteiger partial charge is 0.389 e. The van der Waals surface area contributed by atoms with E-state index in [0.29, 0.717) is 29.8 Å². The van der Waals surface area contributed by atoms with Crippen molar-refractivity contribution in [1.82, 2.24) is 19.4 Å². The molecule has 2 atom stereocenters. The first-order valence-corrected chi connectivity index (χ1v) is 15.3. The third-order valence-electron chi connectivity index (χ3n) is 6.96. The minimum absolute atomic E-state index is 0.0855. The van der Waals surface area contributed by atoms with Crippen molar-refractivity contribution in [3.05, 3.63) is 58.4 Å². The second-order valence-corrected chi connectivity index (χ2v) is 12.9. The first-order chi connectivity index (χ1) is 20.0. The number of hydrogen-bond donors (Lipinski definition) is 3. The fraction of sp³-hybridized carbons (Fsp3) is 0.464. The molecule has 2 heterocycles. The number of alkyl halides is 3. The van der Waals surface area contributed by atoms with E-state index in [0.717, 1.165) is 24.1 Å². The molecule has 0 bridgehead atoms. The molecule has 0 spiro atoms. The van der Waals surface area contributed by atoms with E-state index in [2.05, 4.69) is 15.3 Å². The van der Waals surface area contributed by atoms with Gasteiger partial charge < -0.3 is 15.3 Å². The maximum Gasteiger partial charge on any atom is 0.390 e. The van der Waals surface area contributed by atoms with Gasteiger partial charge in [0.1, 0.15) is 11.5 Å². The van der Waals surface area contributed by atoms with Crippen molar-refractivity contribution in [3.63, 3.8) is 0 Å². The van der Waals surface area contributed by atoms with Crippen molar-refractivity contribution in [1.29, 1.82) is 0 Å². The topological polar surface area (TPSA) is 129 Å². The summed E-state index contributed by atoms with van der Waals surface area (Å²) < 4.78 is 79.6. The molecule has 0 radical (unpaired) electrons. The third kappa shape index (κ3) is 8.02.